The fourth-order valence-corrected chi connectivity index (χ4v) is 14.0. The third-order valence-corrected chi connectivity index (χ3v) is 21.1. The molecule has 0 radical (unpaired) electrons. The van der Waals surface area contributed by atoms with Crippen molar-refractivity contribution in [2.24, 2.45) is 17.8 Å². The molecule has 0 aliphatic heterocycles. The number of esters is 4. The third kappa shape index (κ3) is 73.0. The molecule has 0 spiro atoms. The molecular weight excluding hydrogens is 1310 g/mol. The van der Waals surface area contributed by atoms with E-state index in [9.17, 15) is 43.2 Å². The van der Waals surface area contributed by atoms with E-state index in [4.69, 9.17) is 37.0 Å². The molecule has 594 valence electrons. The largest absolute Gasteiger partial charge is 0.472 e. The molecule has 100 heavy (non-hydrogen) atoms. The first-order valence-corrected chi connectivity index (χ1v) is 44.9. The molecule has 0 amide bonds. The standard InChI is InChI=1S/C81H158O17P2/c1-8-10-11-12-13-14-15-16-17-18-19-20-21-22-23-24-29-32-35-41-50-57-64-80(85)97-76(68-91-78(83)62-55-48-40-34-31-28-26-25-27-30-33-39-47-54-61-74(7)9-2)70-95-99(87,88)93-66-75(82)67-94-100(89,90)96-71-77(69-92-79(84)63-56-49-44-43-46-53-60-73(5)6)98-81(86)65-58-51-42-37-36-38-45-52-59-72(3)4/h72-77,82H,8-71H2,1-7H3,(H,87,88)(H,89,90)/t74?,75-,76-,77-/m1/s1. The average Bonchev–Trinajstić information content (AvgIpc) is 0.917. The van der Waals surface area contributed by atoms with Crippen LogP contribution in [-0.2, 0) is 65.4 Å². The second kappa shape index (κ2) is 71.3. The summed E-state index contributed by atoms with van der Waals surface area (Å²) in [4.78, 5) is 72.9. The predicted octanol–water partition coefficient (Wildman–Crippen LogP) is 24.1. The van der Waals surface area contributed by atoms with Crippen molar-refractivity contribution in [1.82, 2.24) is 0 Å². The summed E-state index contributed by atoms with van der Waals surface area (Å²) < 4.78 is 68.6. The topological polar surface area (TPSA) is 237 Å². The normalized spacial score (nSPS) is 14.2. The maximum Gasteiger partial charge on any atom is 0.472 e. The molecule has 0 aromatic heterocycles. The van der Waals surface area contributed by atoms with E-state index in [2.05, 4.69) is 48.5 Å². The number of ether oxygens (including phenoxy) is 4. The van der Waals surface area contributed by atoms with Gasteiger partial charge in [0, 0.05) is 25.7 Å². The third-order valence-electron chi connectivity index (χ3n) is 19.2. The van der Waals surface area contributed by atoms with Crippen molar-refractivity contribution in [1.29, 1.82) is 0 Å². The highest BCUT2D eigenvalue weighted by atomic mass is 31.2. The molecule has 0 aliphatic rings. The number of hydrogen-bond acceptors (Lipinski definition) is 15. The van der Waals surface area contributed by atoms with Crippen molar-refractivity contribution >= 4 is 39.5 Å². The molecule has 0 saturated heterocycles. The Hall–Kier alpha value is -1.94. The molecular formula is C81H158O17P2. The van der Waals surface area contributed by atoms with Crippen molar-refractivity contribution in [2.45, 2.75) is 439 Å². The minimum absolute atomic E-state index is 0.103. The minimum Gasteiger partial charge on any atom is -0.462 e. The number of hydrogen-bond donors (Lipinski definition) is 3. The number of carbonyl (C=O) groups excluding carboxylic acids is 4. The monoisotopic (exact) mass is 1470 g/mol. The fourth-order valence-electron chi connectivity index (χ4n) is 12.5. The molecule has 19 heteroatoms. The molecule has 0 heterocycles. The lowest BCUT2D eigenvalue weighted by molar-refractivity contribution is -0.161. The van der Waals surface area contributed by atoms with Crippen molar-refractivity contribution in [3.8, 4) is 0 Å². The van der Waals surface area contributed by atoms with Crippen LogP contribution in [0.1, 0.15) is 421 Å². The lowest BCUT2D eigenvalue weighted by Gasteiger charge is -2.21. The van der Waals surface area contributed by atoms with Crippen molar-refractivity contribution in [2.75, 3.05) is 39.6 Å². The van der Waals surface area contributed by atoms with Gasteiger partial charge < -0.3 is 33.8 Å². The lowest BCUT2D eigenvalue weighted by Crippen LogP contribution is -2.30. The Bertz CT molecular complexity index is 1940. The predicted molar refractivity (Wildman–Crippen MR) is 409 cm³/mol. The fraction of sp³-hybridized carbons (Fsp3) is 0.951. The van der Waals surface area contributed by atoms with Gasteiger partial charge in [-0.05, 0) is 43.4 Å². The zero-order chi connectivity index (χ0) is 73.7. The summed E-state index contributed by atoms with van der Waals surface area (Å²) in [5.41, 5.74) is 0. The Morgan fingerprint density at radius 2 is 0.510 bits per heavy atom. The Morgan fingerprint density at radius 1 is 0.290 bits per heavy atom. The van der Waals surface area contributed by atoms with Crippen LogP contribution < -0.4 is 0 Å². The molecule has 3 N–H and O–H groups in total. The summed E-state index contributed by atoms with van der Waals surface area (Å²) in [5, 5.41) is 10.6. The number of carbonyl (C=O) groups is 4. The number of phosphoric acid groups is 2. The van der Waals surface area contributed by atoms with E-state index in [1.54, 1.807) is 0 Å². The van der Waals surface area contributed by atoms with Crippen LogP contribution in [0.4, 0.5) is 0 Å². The Morgan fingerprint density at radius 3 is 0.760 bits per heavy atom. The van der Waals surface area contributed by atoms with E-state index in [0.717, 1.165) is 108 Å². The van der Waals surface area contributed by atoms with Gasteiger partial charge in [0.05, 0.1) is 26.4 Å². The number of aliphatic hydroxyl groups is 1. The Labute approximate surface area is 613 Å². The van der Waals surface area contributed by atoms with Gasteiger partial charge in [0.25, 0.3) is 0 Å². The summed E-state index contributed by atoms with van der Waals surface area (Å²) in [6, 6.07) is 0. The van der Waals surface area contributed by atoms with Gasteiger partial charge in [-0.25, -0.2) is 9.13 Å². The summed E-state index contributed by atoms with van der Waals surface area (Å²) in [6.07, 6.45) is 60.1. The van der Waals surface area contributed by atoms with E-state index in [1.165, 1.54) is 225 Å². The molecule has 6 atom stereocenters. The molecule has 3 unspecified atom stereocenters. The van der Waals surface area contributed by atoms with E-state index in [1.807, 2.05) is 0 Å². The smallest absolute Gasteiger partial charge is 0.462 e. The zero-order valence-electron chi connectivity index (χ0n) is 65.7. The summed E-state index contributed by atoms with van der Waals surface area (Å²) in [5.74, 6) is 0.130. The maximum absolute atomic E-state index is 13.1. The minimum atomic E-state index is -4.96. The van der Waals surface area contributed by atoms with Crippen LogP contribution >= 0.6 is 15.6 Å². The van der Waals surface area contributed by atoms with Crippen LogP contribution in [0.5, 0.6) is 0 Å². The second-order valence-electron chi connectivity index (χ2n) is 30.4. The Balaban J connectivity index is 5.19. The van der Waals surface area contributed by atoms with Gasteiger partial charge in [-0.3, -0.25) is 37.3 Å². The lowest BCUT2D eigenvalue weighted by atomic mass is 9.99. The Kier molecular flexibility index (Phi) is 69.9. The first-order valence-electron chi connectivity index (χ1n) is 41.9. The first kappa shape index (κ1) is 98.1. The van der Waals surface area contributed by atoms with Gasteiger partial charge >= 0.3 is 39.5 Å². The van der Waals surface area contributed by atoms with Gasteiger partial charge in [-0.1, -0.05) is 370 Å². The van der Waals surface area contributed by atoms with Crippen molar-refractivity contribution in [3.05, 3.63) is 0 Å². The highest BCUT2D eigenvalue weighted by molar-refractivity contribution is 7.47. The van der Waals surface area contributed by atoms with E-state index in [-0.39, 0.29) is 25.7 Å². The van der Waals surface area contributed by atoms with Gasteiger partial charge in [-0.15, -0.1) is 0 Å². The molecule has 0 aliphatic carbocycles. The maximum atomic E-state index is 13.1. The van der Waals surface area contributed by atoms with Crippen LogP contribution in [0.3, 0.4) is 0 Å². The summed E-state index contributed by atoms with van der Waals surface area (Å²) in [7, 11) is -9.92. The van der Waals surface area contributed by atoms with Crippen LogP contribution in [0.2, 0.25) is 0 Å². The van der Waals surface area contributed by atoms with Crippen LogP contribution in [-0.4, -0.2) is 96.7 Å². The summed E-state index contributed by atoms with van der Waals surface area (Å²) >= 11 is 0. The molecule has 0 bridgehead atoms. The number of rotatable bonds is 79. The van der Waals surface area contributed by atoms with Gasteiger partial charge in [-0.2, -0.15) is 0 Å². The van der Waals surface area contributed by atoms with Crippen molar-refractivity contribution in [3.63, 3.8) is 0 Å². The molecule has 17 nitrogen and oxygen atoms in total. The number of phosphoric ester groups is 2. The van der Waals surface area contributed by atoms with Crippen LogP contribution in [0.15, 0.2) is 0 Å². The van der Waals surface area contributed by atoms with E-state index >= 15 is 0 Å². The molecule has 0 aromatic carbocycles. The van der Waals surface area contributed by atoms with Crippen molar-refractivity contribution < 1.29 is 80.2 Å². The quantitative estimate of drug-likeness (QED) is 0.0222. The molecule has 0 fully saturated rings. The summed E-state index contributed by atoms with van der Waals surface area (Å²) in [6.45, 7) is 11.9. The number of unbranched alkanes of at least 4 members (excludes halogenated alkanes) is 46. The van der Waals surface area contributed by atoms with E-state index < -0.39 is 97.5 Å². The van der Waals surface area contributed by atoms with E-state index in [0.29, 0.717) is 31.6 Å². The second-order valence-corrected chi connectivity index (χ2v) is 33.3. The van der Waals surface area contributed by atoms with Gasteiger partial charge in [0.2, 0.25) is 0 Å². The highest BCUT2D eigenvalue weighted by Gasteiger charge is 2.30. The van der Waals surface area contributed by atoms with Gasteiger partial charge in [0.15, 0.2) is 12.2 Å². The first-order chi connectivity index (χ1) is 48.3. The molecule has 0 rings (SSSR count). The van der Waals surface area contributed by atoms with Crippen LogP contribution in [0.25, 0.3) is 0 Å². The van der Waals surface area contributed by atoms with Crippen LogP contribution in [0, 0.1) is 17.8 Å². The molecule has 0 aromatic rings. The SMILES string of the molecule is CCCCCCCCCCCCCCCCCCCCCCCCC(=O)O[C@H](COC(=O)CCCCCCCCCCCCCCCCC(C)CC)COP(=O)(O)OC[C@@H](O)COP(=O)(O)OC[C@@H](COC(=O)CCCCCCCCC(C)C)OC(=O)CCCCCCCCCCC(C)C. The average molecular weight is 1470 g/mol. The molecule has 0 saturated carbocycles. The zero-order valence-corrected chi connectivity index (χ0v) is 67.5. The number of aliphatic hydroxyl groups excluding tert-OH is 1. The van der Waals surface area contributed by atoms with Gasteiger partial charge in [0.1, 0.15) is 19.3 Å². The highest BCUT2D eigenvalue weighted by Crippen LogP contribution is 2.45.